The van der Waals surface area contributed by atoms with Gasteiger partial charge in [-0.15, -0.1) is 0 Å². The summed E-state index contributed by atoms with van der Waals surface area (Å²) < 4.78 is 29.2. The van der Waals surface area contributed by atoms with Crippen LogP contribution in [0.5, 0.6) is 0 Å². The standard InChI is InChI=1S/C14H26N4O2S/c1-3-8-18-10-14(17-11(18)2)21(19,20)16-9-12-6-4-5-7-13(12)15/h10,12-13,16H,3-9,15H2,1-2H3. The highest BCUT2D eigenvalue weighted by Gasteiger charge is 2.25. The Morgan fingerprint density at radius 2 is 2.14 bits per heavy atom. The molecule has 1 aliphatic carbocycles. The third-order valence-corrected chi connectivity index (χ3v) is 5.49. The van der Waals surface area contributed by atoms with Crippen molar-refractivity contribution in [3.8, 4) is 0 Å². The second kappa shape index (κ2) is 6.89. The number of aryl methyl sites for hydroxylation is 2. The van der Waals surface area contributed by atoms with Gasteiger partial charge in [0.1, 0.15) is 5.82 Å². The number of imidazole rings is 1. The average Bonchev–Trinajstić information content (AvgIpc) is 2.81. The van der Waals surface area contributed by atoms with Crippen molar-refractivity contribution in [1.29, 1.82) is 0 Å². The number of hydrogen-bond donors (Lipinski definition) is 2. The molecule has 0 bridgehead atoms. The Labute approximate surface area is 127 Å². The first-order valence-electron chi connectivity index (χ1n) is 7.73. The molecule has 0 radical (unpaired) electrons. The molecule has 2 unspecified atom stereocenters. The van der Waals surface area contributed by atoms with Crippen molar-refractivity contribution in [1.82, 2.24) is 14.3 Å². The molecule has 0 aromatic carbocycles. The van der Waals surface area contributed by atoms with Crippen LogP contribution in [0, 0.1) is 12.8 Å². The van der Waals surface area contributed by atoms with E-state index in [4.69, 9.17) is 5.73 Å². The van der Waals surface area contributed by atoms with Crippen LogP contribution < -0.4 is 10.5 Å². The van der Waals surface area contributed by atoms with Gasteiger partial charge in [-0.1, -0.05) is 19.8 Å². The van der Waals surface area contributed by atoms with Crippen molar-refractivity contribution in [2.75, 3.05) is 6.54 Å². The molecule has 1 aromatic rings. The Kier molecular flexibility index (Phi) is 5.40. The highest BCUT2D eigenvalue weighted by molar-refractivity contribution is 7.89. The molecule has 0 amide bonds. The third-order valence-electron chi connectivity index (χ3n) is 4.20. The molecule has 120 valence electrons. The molecule has 0 saturated heterocycles. The zero-order chi connectivity index (χ0) is 15.5. The highest BCUT2D eigenvalue weighted by Crippen LogP contribution is 2.22. The van der Waals surface area contributed by atoms with Gasteiger partial charge in [-0.05, 0) is 32.1 Å². The maximum atomic E-state index is 12.3. The van der Waals surface area contributed by atoms with Crippen molar-refractivity contribution in [2.45, 2.75) is 63.6 Å². The van der Waals surface area contributed by atoms with Crippen molar-refractivity contribution in [3.05, 3.63) is 12.0 Å². The Hall–Kier alpha value is -0.920. The zero-order valence-corrected chi connectivity index (χ0v) is 13.7. The maximum Gasteiger partial charge on any atom is 0.259 e. The van der Waals surface area contributed by atoms with Crippen LogP contribution in [-0.4, -0.2) is 30.6 Å². The summed E-state index contributed by atoms with van der Waals surface area (Å²) in [6.07, 6.45) is 6.81. The quantitative estimate of drug-likeness (QED) is 0.830. The lowest BCUT2D eigenvalue weighted by Gasteiger charge is -2.28. The minimum absolute atomic E-state index is 0.0980. The molecular formula is C14H26N4O2S. The van der Waals surface area contributed by atoms with Gasteiger partial charge < -0.3 is 10.3 Å². The lowest BCUT2D eigenvalue weighted by atomic mass is 9.85. The fourth-order valence-electron chi connectivity index (χ4n) is 2.86. The molecule has 2 rings (SSSR count). The van der Waals surface area contributed by atoms with E-state index in [1.54, 1.807) is 6.20 Å². The Balaban J connectivity index is 2.02. The Morgan fingerprint density at radius 1 is 1.43 bits per heavy atom. The molecule has 2 atom stereocenters. The summed E-state index contributed by atoms with van der Waals surface area (Å²) in [5.41, 5.74) is 6.06. The molecule has 0 spiro atoms. The van der Waals surface area contributed by atoms with Gasteiger partial charge in [-0.25, -0.2) is 18.1 Å². The summed E-state index contributed by atoms with van der Waals surface area (Å²) >= 11 is 0. The molecule has 3 N–H and O–H groups in total. The van der Waals surface area contributed by atoms with Crippen molar-refractivity contribution < 1.29 is 8.42 Å². The number of nitrogens with zero attached hydrogens (tertiary/aromatic N) is 2. The predicted molar refractivity (Wildman–Crippen MR) is 82.4 cm³/mol. The van der Waals surface area contributed by atoms with E-state index in [2.05, 4.69) is 16.6 Å². The van der Waals surface area contributed by atoms with Crippen molar-refractivity contribution in [2.24, 2.45) is 11.7 Å². The van der Waals surface area contributed by atoms with E-state index >= 15 is 0 Å². The predicted octanol–water partition coefficient (Wildman–Crippen LogP) is 1.40. The monoisotopic (exact) mass is 314 g/mol. The van der Waals surface area contributed by atoms with E-state index in [-0.39, 0.29) is 17.0 Å². The van der Waals surface area contributed by atoms with Gasteiger partial charge in [0.25, 0.3) is 10.0 Å². The van der Waals surface area contributed by atoms with Gasteiger partial charge in [-0.2, -0.15) is 0 Å². The average molecular weight is 314 g/mol. The normalized spacial score (nSPS) is 23.4. The number of sulfonamides is 1. The SMILES string of the molecule is CCCn1cc(S(=O)(=O)NCC2CCCCC2N)nc1C. The summed E-state index contributed by atoms with van der Waals surface area (Å²) in [6.45, 7) is 5.06. The van der Waals surface area contributed by atoms with Gasteiger partial charge >= 0.3 is 0 Å². The fourth-order valence-corrected chi connectivity index (χ4v) is 3.96. The molecule has 1 aliphatic rings. The van der Waals surface area contributed by atoms with Crippen molar-refractivity contribution >= 4 is 10.0 Å². The summed E-state index contributed by atoms with van der Waals surface area (Å²) in [5, 5.41) is 0.109. The molecule has 0 aliphatic heterocycles. The molecule has 1 saturated carbocycles. The maximum absolute atomic E-state index is 12.3. The van der Waals surface area contributed by atoms with Gasteiger partial charge in [-0.3, -0.25) is 0 Å². The van der Waals surface area contributed by atoms with Gasteiger partial charge in [0.2, 0.25) is 0 Å². The second-order valence-corrected chi connectivity index (χ2v) is 7.59. The van der Waals surface area contributed by atoms with Crippen LogP contribution in [0.15, 0.2) is 11.2 Å². The van der Waals surface area contributed by atoms with Crippen LogP contribution >= 0.6 is 0 Å². The van der Waals surface area contributed by atoms with E-state index in [1.807, 2.05) is 11.5 Å². The first kappa shape index (κ1) is 16.5. The first-order chi connectivity index (χ1) is 9.94. The number of hydrogen-bond acceptors (Lipinski definition) is 4. The number of aromatic nitrogens is 2. The van der Waals surface area contributed by atoms with Crippen molar-refractivity contribution in [3.63, 3.8) is 0 Å². The van der Waals surface area contributed by atoms with E-state index in [9.17, 15) is 8.42 Å². The van der Waals surface area contributed by atoms with Crippen LogP contribution in [0.1, 0.15) is 44.9 Å². The second-order valence-electron chi connectivity index (χ2n) is 5.88. The van der Waals surface area contributed by atoms with E-state index in [0.29, 0.717) is 6.54 Å². The van der Waals surface area contributed by atoms with E-state index in [1.165, 1.54) is 0 Å². The molecule has 7 heteroatoms. The molecule has 21 heavy (non-hydrogen) atoms. The largest absolute Gasteiger partial charge is 0.334 e. The number of rotatable bonds is 6. The Bertz CT molecular complexity index is 568. The minimum atomic E-state index is -3.54. The van der Waals surface area contributed by atoms with Crippen LogP contribution in [0.25, 0.3) is 0 Å². The van der Waals surface area contributed by atoms with Crippen LogP contribution in [0.3, 0.4) is 0 Å². The van der Waals surface area contributed by atoms with Gasteiger partial charge in [0, 0.05) is 25.3 Å². The number of nitrogens with one attached hydrogen (secondary N) is 1. The topological polar surface area (TPSA) is 90.0 Å². The fraction of sp³-hybridized carbons (Fsp3) is 0.786. The molecule has 6 nitrogen and oxygen atoms in total. The smallest absolute Gasteiger partial charge is 0.259 e. The summed E-state index contributed by atoms with van der Waals surface area (Å²) in [5.74, 6) is 0.957. The zero-order valence-electron chi connectivity index (χ0n) is 12.9. The lowest BCUT2D eigenvalue weighted by molar-refractivity contribution is 0.308. The van der Waals surface area contributed by atoms with E-state index in [0.717, 1.165) is 44.5 Å². The van der Waals surface area contributed by atoms with Crippen LogP contribution in [0.4, 0.5) is 0 Å². The molecule has 1 fully saturated rings. The molecule has 1 aromatic heterocycles. The minimum Gasteiger partial charge on any atom is -0.334 e. The van der Waals surface area contributed by atoms with Gasteiger partial charge in [0.05, 0.1) is 0 Å². The first-order valence-corrected chi connectivity index (χ1v) is 9.21. The summed E-state index contributed by atoms with van der Waals surface area (Å²) in [6, 6.07) is 0.0980. The lowest BCUT2D eigenvalue weighted by Crippen LogP contribution is -2.41. The number of nitrogens with two attached hydrogens (primary N) is 1. The summed E-state index contributed by atoms with van der Waals surface area (Å²) in [7, 11) is -3.54. The Morgan fingerprint density at radius 3 is 2.81 bits per heavy atom. The van der Waals surface area contributed by atoms with Crippen LogP contribution in [0.2, 0.25) is 0 Å². The highest BCUT2D eigenvalue weighted by atomic mass is 32.2. The molecular weight excluding hydrogens is 288 g/mol. The van der Waals surface area contributed by atoms with E-state index < -0.39 is 10.0 Å². The van der Waals surface area contributed by atoms with Crippen LogP contribution in [-0.2, 0) is 16.6 Å². The third kappa shape index (κ3) is 4.05. The summed E-state index contributed by atoms with van der Waals surface area (Å²) in [4.78, 5) is 4.16. The molecule has 1 heterocycles. The van der Waals surface area contributed by atoms with Gasteiger partial charge in [0.15, 0.2) is 5.03 Å².